The van der Waals surface area contributed by atoms with E-state index in [2.05, 4.69) is 10.6 Å². The first-order chi connectivity index (χ1) is 14.8. The molecule has 2 aromatic rings. The zero-order valence-electron chi connectivity index (χ0n) is 17.3. The van der Waals surface area contributed by atoms with Gasteiger partial charge in [-0.15, -0.1) is 0 Å². The average molecular weight is 464 g/mol. The molecule has 1 heterocycles. The quantitative estimate of drug-likeness (QED) is 0.659. The van der Waals surface area contributed by atoms with Crippen molar-refractivity contribution in [2.45, 2.75) is 37.2 Å². The largest absolute Gasteiger partial charge is 0.350 e. The molecule has 1 atom stereocenters. The number of amides is 2. The minimum Gasteiger partial charge on any atom is -0.350 e. The van der Waals surface area contributed by atoms with Crippen LogP contribution in [0.4, 0.5) is 0 Å². The van der Waals surface area contributed by atoms with Crippen LogP contribution in [-0.4, -0.2) is 43.7 Å². The number of halogens is 1. The standard InChI is InChI=1S/C22H26ClN3O4S/c1-16(21(27)24-15-18-7-5-6-10-20(18)23)25-22(28)17-11-13-26(14-12-17)31(29,30)19-8-3-2-4-9-19/h2-10,16-17H,11-15H2,1H3,(H,24,27)(H,25,28)/t16-/m0/s1. The van der Waals surface area contributed by atoms with Crippen molar-refractivity contribution in [2.75, 3.05) is 13.1 Å². The Bertz CT molecular complexity index is 1020. The van der Waals surface area contributed by atoms with E-state index < -0.39 is 16.1 Å². The van der Waals surface area contributed by atoms with Gasteiger partial charge in [-0.05, 0) is 43.5 Å². The molecule has 2 amide bonds. The Morgan fingerprint density at radius 2 is 1.68 bits per heavy atom. The summed E-state index contributed by atoms with van der Waals surface area (Å²) in [6.07, 6.45) is 0.817. The molecular formula is C22H26ClN3O4S. The summed E-state index contributed by atoms with van der Waals surface area (Å²) in [5, 5.41) is 6.07. The summed E-state index contributed by atoms with van der Waals surface area (Å²) < 4.78 is 26.8. The van der Waals surface area contributed by atoms with Crippen LogP contribution < -0.4 is 10.6 Å². The molecule has 1 fully saturated rings. The highest BCUT2D eigenvalue weighted by Crippen LogP contribution is 2.24. The van der Waals surface area contributed by atoms with Gasteiger partial charge in [0.15, 0.2) is 0 Å². The maximum absolute atomic E-state index is 12.7. The van der Waals surface area contributed by atoms with Crippen molar-refractivity contribution in [1.29, 1.82) is 0 Å². The Labute approximate surface area is 187 Å². The van der Waals surface area contributed by atoms with Gasteiger partial charge in [-0.1, -0.05) is 48.0 Å². The highest BCUT2D eigenvalue weighted by atomic mass is 35.5. The molecule has 0 bridgehead atoms. The number of carbonyl (C=O) groups excluding carboxylic acids is 2. The van der Waals surface area contributed by atoms with Crippen LogP contribution in [0.15, 0.2) is 59.5 Å². The number of sulfonamides is 1. The lowest BCUT2D eigenvalue weighted by Gasteiger charge is -2.31. The molecule has 9 heteroatoms. The lowest BCUT2D eigenvalue weighted by molar-refractivity contribution is -0.131. The van der Waals surface area contributed by atoms with Crippen LogP contribution in [0.2, 0.25) is 5.02 Å². The first-order valence-electron chi connectivity index (χ1n) is 10.2. The average Bonchev–Trinajstić information content (AvgIpc) is 2.79. The first-order valence-corrected chi connectivity index (χ1v) is 12.0. The van der Waals surface area contributed by atoms with Crippen molar-refractivity contribution in [1.82, 2.24) is 14.9 Å². The van der Waals surface area contributed by atoms with Gasteiger partial charge in [0.2, 0.25) is 21.8 Å². The number of piperidine rings is 1. The SMILES string of the molecule is C[C@H](NC(=O)C1CCN(S(=O)(=O)c2ccccc2)CC1)C(=O)NCc1ccccc1Cl. The fraction of sp³-hybridized carbons (Fsp3) is 0.364. The molecule has 1 saturated heterocycles. The fourth-order valence-corrected chi connectivity index (χ4v) is 5.17. The molecule has 0 aromatic heterocycles. The number of nitrogens with zero attached hydrogens (tertiary/aromatic N) is 1. The summed E-state index contributed by atoms with van der Waals surface area (Å²) in [4.78, 5) is 25.2. The molecule has 0 saturated carbocycles. The summed E-state index contributed by atoms with van der Waals surface area (Å²) in [7, 11) is -3.56. The molecule has 31 heavy (non-hydrogen) atoms. The second-order valence-electron chi connectivity index (χ2n) is 7.53. The molecule has 0 radical (unpaired) electrons. The number of carbonyl (C=O) groups is 2. The molecular weight excluding hydrogens is 438 g/mol. The maximum Gasteiger partial charge on any atom is 0.243 e. The molecule has 1 aliphatic rings. The van der Waals surface area contributed by atoms with E-state index in [0.29, 0.717) is 17.9 Å². The lowest BCUT2D eigenvalue weighted by atomic mass is 9.97. The van der Waals surface area contributed by atoms with Crippen LogP contribution >= 0.6 is 11.6 Å². The van der Waals surface area contributed by atoms with E-state index >= 15 is 0 Å². The van der Waals surface area contributed by atoms with Crippen molar-refractivity contribution < 1.29 is 18.0 Å². The Balaban J connectivity index is 1.48. The molecule has 0 unspecified atom stereocenters. The van der Waals surface area contributed by atoms with Crippen LogP contribution in [0.25, 0.3) is 0 Å². The summed E-state index contributed by atoms with van der Waals surface area (Å²) >= 11 is 6.09. The van der Waals surface area contributed by atoms with Crippen molar-refractivity contribution in [3.63, 3.8) is 0 Å². The van der Waals surface area contributed by atoms with Crippen LogP contribution in [-0.2, 0) is 26.2 Å². The van der Waals surface area contributed by atoms with Gasteiger partial charge in [0.05, 0.1) is 4.90 Å². The fourth-order valence-electron chi connectivity index (χ4n) is 3.47. The van der Waals surface area contributed by atoms with Gasteiger partial charge >= 0.3 is 0 Å². The topological polar surface area (TPSA) is 95.6 Å². The van der Waals surface area contributed by atoms with Crippen molar-refractivity contribution in [3.8, 4) is 0 Å². The molecule has 2 aromatic carbocycles. The van der Waals surface area contributed by atoms with Crippen molar-refractivity contribution in [2.24, 2.45) is 5.92 Å². The maximum atomic E-state index is 12.7. The Morgan fingerprint density at radius 3 is 2.32 bits per heavy atom. The molecule has 3 rings (SSSR count). The van der Waals surface area contributed by atoms with Gasteiger partial charge in [0.1, 0.15) is 6.04 Å². The van der Waals surface area contributed by atoms with E-state index in [1.54, 1.807) is 43.3 Å². The Kier molecular flexibility index (Phi) is 7.69. The predicted octanol–water partition coefficient (Wildman–Crippen LogP) is 2.56. The number of benzene rings is 2. The normalized spacial score (nSPS) is 16.5. The first kappa shape index (κ1) is 23.2. The van der Waals surface area contributed by atoms with Gasteiger partial charge in [-0.25, -0.2) is 8.42 Å². The minimum atomic E-state index is -3.56. The second kappa shape index (κ2) is 10.3. The number of rotatable bonds is 7. The van der Waals surface area contributed by atoms with E-state index in [9.17, 15) is 18.0 Å². The summed E-state index contributed by atoms with van der Waals surface area (Å²) in [6.45, 7) is 2.42. The van der Waals surface area contributed by atoms with E-state index in [4.69, 9.17) is 11.6 Å². The lowest BCUT2D eigenvalue weighted by Crippen LogP contribution is -2.49. The van der Waals surface area contributed by atoms with Crippen LogP contribution in [0.1, 0.15) is 25.3 Å². The molecule has 1 aliphatic heterocycles. The van der Waals surface area contributed by atoms with E-state index in [1.165, 1.54) is 4.31 Å². The third-order valence-electron chi connectivity index (χ3n) is 5.37. The van der Waals surface area contributed by atoms with Crippen LogP contribution in [0, 0.1) is 5.92 Å². The van der Waals surface area contributed by atoms with Crippen LogP contribution in [0.3, 0.4) is 0 Å². The zero-order chi connectivity index (χ0) is 22.4. The predicted molar refractivity (Wildman–Crippen MR) is 119 cm³/mol. The monoisotopic (exact) mass is 463 g/mol. The molecule has 2 N–H and O–H groups in total. The van der Waals surface area contributed by atoms with Gasteiger partial charge in [-0.3, -0.25) is 9.59 Å². The van der Waals surface area contributed by atoms with E-state index in [1.807, 2.05) is 18.2 Å². The highest BCUT2D eigenvalue weighted by Gasteiger charge is 2.32. The number of hydrogen-bond donors (Lipinski definition) is 2. The summed E-state index contributed by atoms with van der Waals surface area (Å²) in [6, 6.07) is 14.8. The smallest absolute Gasteiger partial charge is 0.243 e. The number of hydrogen-bond acceptors (Lipinski definition) is 4. The third kappa shape index (κ3) is 5.84. The van der Waals surface area contributed by atoms with Crippen molar-refractivity contribution >= 4 is 33.4 Å². The minimum absolute atomic E-state index is 0.239. The number of nitrogens with one attached hydrogen (secondary N) is 2. The van der Waals surface area contributed by atoms with Gasteiger partial charge in [-0.2, -0.15) is 4.31 Å². The zero-order valence-corrected chi connectivity index (χ0v) is 18.8. The van der Waals surface area contributed by atoms with Gasteiger partial charge < -0.3 is 10.6 Å². The molecule has 0 aliphatic carbocycles. The summed E-state index contributed by atoms with van der Waals surface area (Å²) in [5.74, 6) is -0.879. The molecule has 166 valence electrons. The Hall–Kier alpha value is -2.42. The van der Waals surface area contributed by atoms with Crippen molar-refractivity contribution in [3.05, 3.63) is 65.2 Å². The van der Waals surface area contributed by atoms with Gasteiger partial charge in [0, 0.05) is 30.6 Å². The highest BCUT2D eigenvalue weighted by molar-refractivity contribution is 7.89. The molecule has 7 nitrogen and oxygen atoms in total. The van der Waals surface area contributed by atoms with E-state index in [0.717, 1.165) is 5.56 Å². The van der Waals surface area contributed by atoms with E-state index in [-0.39, 0.29) is 42.3 Å². The molecule has 0 spiro atoms. The Morgan fingerprint density at radius 1 is 1.06 bits per heavy atom. The van der Waals surface area contributed by atoms with Crippen LogP contribution in [0.5, 0.6) is 0 Å². The van der Waals surface area contributed by atoms with Gasteiger partial charge in [0.25, 0.3) is 0 Å². The summed E-state index contributed by atoms with van der Waals surface area (Å²) in [5.41, 5.74) is 0.794. The second-order valence-corrected chi connectivity index (χ2v) is 9.88. The third-order valence-corrected chi connectivity index (χ3v) is 7.65.